The van der Waals surface area contributed by atoms with Crippen LogP contribution in [0.15, 0.2) is 30.3 Å². The van der Waals surface area contributed by atoms with Gasteiger partial charge in [0.2, 0.25) is 0 Å². The lowest BCUT2D eigenvalue weighted by Gasteiger charge is -2.06. The van der Waals surface area contributed by atoms with E-state index in [0.29, 0.717) is 10.9 Å². The van der Waals surface area contributed by atoms with E-state index >= 15 is 0 Å². The van der Waals surface area contributed by atoms with E-state index in [4.69, 9.17) is 17.3 Å². The Morgan fingerprint density at radius 2 is 2.06 bits per heavy atom. The maximum Gasteiger partial charge on any atom is 0.125 e. The second-order valence-corrected chi connectivity index (χ2v) is 6.28. The first-order chi connectivity index (χ1) is 8.63. The summed E-state index contributed by atoms with van der Waals surface area (Å²) in [6.45, 7) is 0. The lowest BCUT2D eigenvalue weighted by Crippen LogP contribution is -2.10. The third-order valence-electron chi connectivity index (χ3n) is 3.23. The molecule has 1 unspecified atom stereocenters. The van der Waals surface area contributed by atoms with Crippen molar-refractivity contribution in [2.75, 3.05) is 0 Å². The van der Waals surface area contributed by atoms with Crippen LogP contribution in [0.1, 0.15) is 23.8 Å². The normalized spacial score (nSPS) is 16.8. The van der Waals surface area contributed by atoms with Crippen molar-refractivity contribution < 1.29 is 4.39 Å². The Morgan fingerprint density at radius 1 is 1.28 bits per heavy atom. The minimum absolute atomic E-state index is 0.132. The van der Waals surface area contributed by atoms with Gasteiger partial charge in [0, 0.05) is 20.8 Å². The highest BCUT2D eigenvalue weighted by molar-refractivity contribution is 7.15. The minimum atomic E-state index is -0.307. The molecule has 2 N–H and O–H groups in total. The fraction of sp³-hybridized carbons (Fsp3) is 0.286. The van der Waals surface area contributed by atoms with Gasteiger partial charge in [0.1, 0.15) is 5.82 Å². The smallest absolute Gasteiger partial charge is 0.125 e. The van der Waals surface area contributed by atoms with E-state index in [-0.39, 0.29) is 11.9 Å². The number of thiophene rings is 1. The topological polar surface area (TPSA) is 26.0 Å². The Hall–Kier alpha value is -0.900. The molecule has 1 aromatic carbocycles. The van der Waals surface area contributed by atoms with Crippen LogP contribution in [0.5, 0.6) is 0 Å². The summed E-state index contributed by atoms with van der Waals surface area (Å²) in [5.41, 5.74) is 6.98. The largest absolute Gasteiger partial charge is 0.323 e. The van der Waals surface area contributed by atoms with Crippen LogP contribution in [0.3, 0.4) is 0 Å². The molecule has 1 atom stereocenters. The van der Waals surface area contributed by atoms with Gasteiger partial charge in [-0.3, -0.25) is 0 Å². The third-order valence-corrected chi connectivity index (χ3v) is 4.69. The molecule has 0 bridgehead atoms. The maximum atomic E-state index is 13.3. The molecular formula is C14H13ClFNS. The van der Waals surface area contributed by atoms with Crippen LogP contribution < -0.4 is 5.73 Å². The zero-order chi connectivity index (χ0) is 12.7. The fourth-order valence-electron chi connectivity index (χ4n) is 2.07. The first-order valence-corrected chi connectivity index (χ1v) is 7.15. The summed E-state index contributed by atoms with van der Waals surface area (Å²) in [5, 5.41) is 0.423. The molecule has 1 nitrogen and oxygen atoms in total. The van der Waals surface area contributed by atoms with Crippen LogP contribution in [0.2, 0.25) is 5.02 Å². The summed E-state index contributed by atoms with van der Waals surface area (Å²) in [6.07, 6.45) is 2.44. The summed E-state index contributed by atoms with van der Waals surface area (Å²) in [7, 11) is 0. The Labute approximate surface area is 114 Å². The molecule has 0 spiro atoms. The highest BCUT2D eigenvalue weighted by Gasteiger charge is 2.30. The molecule has 18 heavy (non-hydrogen) atoms. The molecule has 94 valence electrons. The van der Waals surface area contributed by atoms with Crippen LogP contribution >= 0.6 is 22.9 Å². The van der Waals surface area contributed by atoms with Gasteiger partial charge in [0.15, 0.2) is 0 Å². The Balaban J connectivity index is 1.92. The number of benzene rings is 1. The van der Waals surface area contributed by atoms with E-state index in [1.165, 1.54) is 29.9 Å². The summed E-state index contributed by atoms with van der Waals surface area (Å²) in [4.78, 5) is 2.19. The number of nitrogens with two attached hydrogens (primary N) is 1. The predicted octanol–water partition coefficient (Wildman–Crippen LogP) is 4.62. The number of hydrogen-bond donors (Lipinski definition) is 1. The van der Waals surface area contributed by atoms with Crippen LogP contribution in [0.25, 0.3) is 10.4 Å². The van der Waals surface area contributed by atoms with Crippen molar-refractivity contribution in [1.29, 1.82) is 0 Å². The predicted molar refractivity (Wildman–Crippen MR) is 74.4 cm³/mol. The Bertz CT molecular complexity index is 557. The average Bonchev–Trinajstić information content (AvgIpc) is 3.04. The molecule has 0 saturated heterocycles. The van der Waals surface area contributed by atoms with Gasteiger partial charge in [-0.15, -0.1) is 11.3 Å². The number of rotatable bonds is 3. The van der Waals surface area contributed by atoms with Gasteiger partial charge >= 0.3 is 0 Å². The van der Waals surface area contributed by atoms with E-state index in [9.17, 15) is 4.39 Å². The molecule has 1 heterocycles. The van der Waals surface area contributed by atoms with Crippen LogP contribution in [0, 0.1) is 11.7 Å². The molecule has 1 aliphatic carbocycles. The quantitative estimate of drug-likeness (QED) is 0.873. The molecule has 0 amide bonds. The highest BCUT2D eigenvalue weighted by Crippen LogP contribution is 2.43. The van der Waals surface area contributed by atoms with Gasteiger partial charge in [-0.1, -0.05) is 11.6 Å². The average molecular weight is 282 g/mol. The van der Waals surface area contributed by atoms with Gasteiger partial charge in [-0.05, 0) is 54.7 Å². The second-order valence-electron chi connectivity index (χ2n) is 4.72. The molecule has 0 radical (unpaired) electrons. The van der Waals surface area contributed by atoms with E-state index in [0.717, 1.165) is 10.4 Å². The van der Waals surface area contributed by atoms with Crippen LogP contribution in [0.4, 0.5) is 4.39 Å². The van der Waals surface area contributed by atoms with Gasteiger partial charge < -0.3 is 5.73 Å². The molecule has 0 aliphatic heterocycles. The standard InChI is InChI=1S/C14H13ClFNS/c15-10-5-9(6-11(16)7-10)12-3-4-13(18-12)14(17)8-1-2-8/h3-8,14H,1-2,17H2. The van der Waals surface area contributed by atoms with E-state index in [1.54, 1.807) is 17.4 Å². The van der Waals surface area contributed by atoms with E-state index in [2.05, 4.69) is 0 Å². The second kappa shape index (κ2) is 4.65. The summed E-state index contributed by atoms with van der Waals surface area (Å²) in [6, 6.07) is 8.77. The van der Waals surface area contributed by atoms with Crippen molar-refractivity contribution >= 4 is 22.9 Å². The van der Waals surface area contributed by atoms with Gasteiger partial charge in [0.25, 0.3) is 0 Å². The summed E-state index contributed by atoms with van der Waals surface area (Å²) < 4.78 is 13.3. The lowest BCUT2D eigenvalue weighted by atomic mass is 10.1. The van der Waals surface area contributed by atoms with E-state index < -0.39 is 0 Å². The molecule has 1 saturated carbocycles. The Kier molecular flexibility index (Phi) is 3.14. The van der Waals surface area contributed by atoms with Crippen molar-refractivity contribution in [1.82, 2.24) is 0 Å². The van der Waals surface area contributed by atoms with Crippen molar-refractivity contribution in [2.24, 2.45) is 11.7 Å². The first kappa shape index (κ1) is 12.2. The van der Waals surface area contributed by atoms with Crippen molar-refractivity contribution in [3.05, 3.63) is 46.0 Å². The summed E-state index contributed by atoms with van der Waals surface area (Å²) in [5.74, 6) is 0.325. The SMILES string of the molecule is NC(c1ccc(-c2cc(F)cc(Cl)c2)s1)C1CC1. The molecule has 1 fully saturated rings. The molecular weight excluding hydrogens is 269 g/mol. The van der Waals surface area contributed by atoms with Crippen molar-refractivity contribution in [3.8, 4) is 10.4 Å². The number of halogens is 2. The van der Waals surface area contributed by atoms with Crippen LogP contribution in [-0.2, 0) is 0 Å². The summed E-state index contributed by atoms with van der Waals surface area (Å²) >= 11 is 7.50. The fourth-order valence-corrected chi connectivity index (χ4v) is 3.38. The zero-order valence-corrected chi connectivity index (χ0v) is 11.3. The maximum absolute atomic E-state index is 13.3. The monoisotopic (exact) mass is 281 g/mol. The molecule has 2 aromatic rings. The number of hydrogen-bond acceptors (Lipinski definition) is 2. The third kappa shape index (κ3) is 2.44. The minimum Gasteiger partial charge on any atom is -0.323 e. The van der Waals surface area contributed by atoms with E-state index in [1.807, 2.05) is 12.1 Å². The Morgan fingerprint density at radius 3 is 2.72 bits per heavy atom. The van der Waals surface area contributed by atoms with Gasteiger partial charge in [-0.2, -0.15) is 0 Å². The van der Waals surface area contributed by atoms with Gasteiger partial charge in [-0.25, -0.2) is 4.39 Å². The molecule has 3 rings (SSSR count). The zero-order valence-electron chi connectivity index (χ0n) is 9.70. The van der Waals surface area contributed by atoms with Crippen molar-refractivity contribution in [2.45, 2.75) is 18.9 Å². The highest BCUT2D eigenvalue weighted by atomic mass is 35.5. The van der Waals surface area contributed by atoms with Crippen molar-refractivity contribution in [3.63, 3.8) is 0 Å². The van der Waals surface area contributed by atoms with Gasteiger partial charge in [0.05, 0.1) is 0 Å². The molecule has 1 aliphatic rings. The first-order valence-electron chi connectivity index (χ1n) is 5.95. The molecule has 4 heteroatoms. The van der Waals surface area contributed by atoms with Crippen LogP contribution in [-0.4, -0.2) is 0 Å². The molecule has 1 aromatic heterocycles. The lowest BCUT2D eigenvalue weighted by molar-refractivity contribution is 0.628.